The predicted molar refractivity (Wildman–Crippen MR) is 81.6 cm³/mol. The van der Waals surface area contributed by atoms with Crippen molar-refractivity contribution in [2.75, 3.05) is 23.8 Å². The first-order valence-electron chi connectivity index (χ1n) is 6.24. The summed E-state index contributed by atoms with van der Waals surface area (Å²) < 4.78 is 26.8. The van der Waals surface area contributed by atoms with Crippen molar-refractivity contribution in [3.63, 3.8) is 0 Å². The van der Waals surface area contributed by atoms with E-state index in [-0.39, 0.29) is 11.3 Å². The van der Waals surface area contributed by atoms with Crippen molar-refractivity contribution >= 4 is 27.5 Å². The molecule has 6 heteroatoms. The van der Waals surface area contributed by atoms with Crippen LogP contribution < -0.4 is 5.73 Å². The lowest BCUT2D eigenvalue weighted by molar-refractivity contribution is 0.259. The molecule has 4 nitrogen and oxygen atoms in total. The Morgan fingerprint density at radius 3 is 2.79 bits per heavy atom. The van der Waals surface area contributed by atoms with Gasteiger partial charge in [0.2, 0.25) is 10.0 Å². The van der Waals surface area contributed by atoms with Gasteiger partial charge in [-0.25, -0.2) is 8.42 Å². The highest BCUT2D eigenvalue weighted by Gasteiger charge is 2.38. The Hall–Kier alpha value is -0.720. The Bertz CT molecular complexity index is 556. The van der Waals surface area contributed by atoms with Gasteiger partial charge in [-0.2, -0.15) is 16.1 Å². The van der Waals surface area contributed by atoms with E-state index in [0.717, 1.165) is 17.1 Å². The van der Waals surface area contributed by atoms with E-state index in [4.69, 9.17) is 5.73 Å². The fraction of sp³-hybridized carbons (Fsp3) is 0.538. The van der Waals surface area contributed by atoms with E-state index < -0.39 is 10.0 Å². The Labute approximate surface area is 119 Å². The molecule has 1 aromatic rings. The minimum Gasteiger partial charge on any atom is -0.399 e. The summed E-state index contributed by atoms with van der Waals surface area (Å²) in [5.41, 5.74) is 6.72. The zero-order valence-corrected chi connectivity index (χ0v) is 12.9. The number of hydrogen-bond acceptors (Lipinski definition) is 4. The smallest absolute Gasteiger partial charge is 0.218 e. The highest BCUT2D eigenvalue weighted by molar-refractivity contribution is 7.99. The summed E-state index contributed by atoms with van der Waals surface area (Å²) in [5.74, 6) is 1.72. The van der Waals surface area contributed by atoms with Crippen molar-refractivity contribution in [3.8, 4) is 0 Å². The number of benzene rings is 1. The van der Waals surface area contributed by atoms with E-state index in [0.29, 0.717) is 12.2 Å². The predicted octanol–water partition coefficient (Wildman–Crippen LogP) is 1.93. The topological polar surface area (TPSA) is 63.4 Å². The average molecular weight is 300 g/mol. The lowest BCUT2D eigenvalue weighted by Gasteiger charge is -2.40. The summed E-state index contributed by atoms with van der Waals surface area (Å²) in [6.07, 6.45) is 0. The summed E-state index contributed by atoms with van der Waals surface area (Å²) >= 11 is 1.80. The van der Waals surface area contributed by atoms with Crippen molar-refractivity contribution in [3.05, 3.63) is 29.8 Å². The minimum atomic E-state index is -3.30. The van der Waals surface area contributed by atoms with Crippen LogP contribution in [0, 0.1) is 0 Å². The first-order valence-corrected chi connectivity index (χ1v) is 9.00. The third kappa shape index (κ3) is 3.43. The van der Waals surface area contributed by atoms with Crippen LogP contribution in [-0.2, 0) is 15.8 Å². The van der Waals surface area contributed by atoms with Crippen molar-refractivity contribution in [1.82, 2.24) is 4.31 Å². The Kier molecular flexibility index (Phi) is 4.13. The van der Waals surface area contributed by atoms with Gasteiger partial charge in [0.05, 0.1) is 5.75 Å². The van der Waals surface area contributed by atoms with Crippen molar-refractivity contribution in [2.45, 2.75) is 25.1 Å². The third-order valence-electron chi connectivity index (χ3n) is 3.21. The van der Waals surface area contributed by atoms with Gasteiger partial charge in [-0.1, -0.05) is 12.1 Å². The van der Waals surface area contributed by atoms with E-state index in [2.05, 4.69) is 0 Å². The Balaban J connectivity index is 2.22. The molecule has 1 fully saturated rings. The molecule has 2 N–H and O–H groups in total. The van der Waals surface area contributed by atoms with Crippen LogP contribution in [-0.4, -0.2) is 36.3 Å². The first-order chi connectivity index (χ1) is 8.81. The molecular weight excluding hydrogens is 280 g/mol. The monoisotopic (exact) mass is 300 g/mol. The number of nitrogens with zero attached hydrogens (tertiary/aromatic N) is 1. The van der Waals surface area contributed by atoms with E-state index in [1.165, 1.54) is 0 Å². The zero-order chi connectivity index (χ0) is 14.1. The average Bonchev–Trinajstić information content (AvgIpc) is 2.27. The van der Waals surface area contributed by atoms with Gasteiger partial charge in [-0.3, -0.25) is 0 Å². The quantitative estimate of drug-likeness (QED) is 0.866. The molecule has 1 aliphatic rings. The summed E-state index contributed by atoms with van der Waals surface area (Å²) in [6, 6.07) is 7.08. The molecule has 0 unspecified atom stereocenters. The number of nitrogen functional groups attached to an aromatic ring is 1. The molecule has 0 radical (unpaired) electrons. The maximum Gasteiger partial charge on any atom is 0.218 e. The maximum absolute atomic E-state index is 12.6. The lowest BCUT2D eigenvalue weighted by Crippen LogP contribution is -2.53. The van der Waals surface area contributed by atoms with Crippen LogP contribution in [0.1, 0.15) is 19.4 Å². The van der Waals surface area contributed by atoms with Crippen LogP contribution in [0.4, 0.5) is 5.69 Å². The van der Waals surface area contributed by atoms with Crippen molar-refractivity contribution in [2.24, 2.45) is 0 Å². The molecule has 1 saturated heterocycles. The van der Waals surface area contributed by atoms with E-state index in [1.807, 2.05) is 13.8 Å². The molecule has 1 aliphatic heterocycles. The Morgan fingerprint density at radius 1 is 1.42 bits per heavy atom. The van der Waals surface area contributed by atoms with Gasteiger partial charge in [-0.15, -0.1) is 0 Å². The van der Waals surface area contributed by atoms with Crippen LogP contribution in [0.15, 0.2) is 24.3 Å². The van der Waals surface area contributed by atoms with Crippen LogP contribution in [0.5, 0.6) is 0 Å². The second-order valence-electron chi connectivity index (χ2n) is 5.44. The second-order valence-corrected chi connectivity index (χ2v) is 8.44. The molecule has 0 spiro atoms. The number of anilines is 1. The Morgan fingerprint density at radius 2 is 2.16 bits per heavy atom. The largest absolute Gasteiger partial charge is 0.399 e. The van der Waals surface area contributed by atoms with E-state index in [1.54, 1.807) is 40.3 Å². The molecule has 19 heavy (non-hydrogen) atoms. The highest BCUT2D eigenvalue weighted by Crippen LogP contribution is 2.30. The fourth-order valence-corrected chi connectivity index (χ4v) is 5.58. The van der Waals surface area contributed by atoms with Gasteiger partial charge in [0.1, 0.15) is 0 Å². The van der Waals surface area contributed by atoms with E-state index in [9.17, 15) is 8.42 Å². The standard InChI is InChI=1S/C13H20N2O2S2/c1-13(2)10-18-7-6-15(13)19(16,17)9-11-4-3-5-12(14)8-11/h3-5,8H,6-7,9-10,14H2,1-2H3. The molecule has 1 aromatic carbocycles. The molecular formula is C13H20N2O2S2. The SMILES string of the molecule is CC1(C)CSCCN1S(=O)(=O)Cc1cccc(N)c1. The second kappa shape index (κ2) is 5.34. The third-order valence-corrected chi connectivity index (χ3v) is 6.63. The summed E-state index contributed by atoms with van der Waals surface area (Å²) in [4.78, 5) is 0. The molecule has 0 aromatic heterocycles. The summed E-state index contributed by atoms with van der Waals surface area (Å²) in [6.45, 7) is 4.55. The van der Waals surface area contributed by atoms with Gasteiger partial charge in [-0.05, 0) is 31.5 Å². The van der Waals surface area contributed by atoms with Gasteiger partial charge in [0.25, 0.3) is 0 Å². The van der Waals surface area contributed by atoms with Gasteiger partial charge >= 0.3 is 0 Å². The molecule has 1 heterocycles. The molecule has 106 valence electrons. The molecule has 0 atom stereocenters. The number of nitrogens with two attached hydrogens (primary N) is 1. The highest BCUT2D eigenvalue weighted by atomic mass is 32.2. The number of thioether (sulfide) groups is 1. The van der Waals surface area contributed by atoms with Crippen LogP contribution in [0.3, 0.4) is 0 Å². The zero-order valence-electron chi connectivity index (χ0n) is 11.3. The minimum absolute atomic E-state index is 0.0200. The fourth-order valence-electron chi connectivity index (χ4n) is 2.33. The van der Waals surface area contributed by atoms with Gasteiger partial charge < -0.3 is 5.73 Å². The molecule has 0 aliphatic carbocycles. The van der Waals surface area contributed by atoms with Gasteiger partial charge in [0, 0.05) is 29.3 Å². The molecule has 2 rings (SSSR count). The number of rotatable bonds is 3. The maximum atomic E-state index is 12.6. The summed E-state index contributed by atoms with van der Waals surface area (Å²) in [5, 5.41) is 0. The molecule has 0 bridgehead atoms. The van der Waals surface area contributed by atoms with Gasteiger partial charge in [0.15, 0.2) is 0 Å². The number of hydrogen-bond donors (Lipinski definition) is 1. The van der Waals surface area contributed by atoms with Crippen molar-refractivity contribution in [1.29, 1.82) is 0 Å². The van der Waals surface area contributed by atoms with Crippen LogP contribution in [0.2, 0.25) is 0 Å². The van der Waals surface area contributed by atoms with Crippen LogP contribution in [0.25, 0.3) is 0 Å². The number of sulfonamides is 1. The lowest BCUT2D eigenvalue weighted by atomic mass is 10.1. The first kappa shape index (κ1) is 14.7. The van der Waals surface area contributed by atoms with Crippen molar-refractivity contribution < 1.29 is 8.42 Å². The summed E-state index contributed by atoms with van der Waals surface area (Å²) in [7, 11) is -3.30. The molecule has 0 saturated carbocycles. The molecule has 0 amide bonds. The van der Waals surface area contributed by atoms with Crippen LogP contribution >= 0.6 is 11.8 Å². The van der Waals surface area contributed by atoms with E-state index >= 15 is 0 Å². The normalized spacial score (nSPS) is 20.3.